The van der Waals surface area contributed by atoms with Gasteiger partial charge in [-0.2, -0.15) is 0 Å². The van der Waals surface area contributed by atoms with E-state index in [1.807, 2.05) is 37.0 Å². The van der Waals surface area contributed by atoms with Crippen molar-refractivity contribution in [1.29, 1.82) is 0 Å². The number of hydrogen-bond donors (Lipinski definition) is 1. The number of nitrogens with one attached hydrogen (secondary N) is 1. The zero-order valence-corrected chi connectivity index (χ0v) is 13.8. The molecule has 0 radical (unpaired) electrons. The molecule has 1 atom stereocenters. The lowest BCUT2D eigenvalue weighted by Crippen LogP contribution is -2.43. The molecule has 1 amide bonds. The highest BCUT2D eigenvalue weighted by atomic mass is 19.1. The number of anilines is 2. The van der Waals surface area contributed by atoms with E-state index in [0.29, 0.717) is 18.8 Å². The van der Waals surface area contributed by atoms with Crippen LogP contribution in [0.3, 0.4) is 0 Å². The van der Waals surface area contributed by atoms with Crippen LogP contribution in [0.1, 0.15) is 6.42 Å². The summed E-state index contributed by atoms with van der Waals surface area (Å²) in [7, 11) is 7.36. The SMILES string of the molecule is CNc1ccc(N2CCC(N(C)C(=O)CN(C)C)C2)c(F)c1. The molecule has 1 aliphatic heterocycles. The summed E-state index contributed by atoms with van der Waals surface area (Å²) in [5.41, 5.74) is 1.37. The van der Waals surface area contributed by atoms with Crippen LogP contribution in [0, 0.1) is 5.82 Å². The predicted octanol–water partition coefficient (Wildman–Crippen LogP) is 1.47. The van der Waals surface area contributed by atoms with Crippen LogP contribution in [0.25, 0.3) is 0 Å². The Morgan fingerprint density at radius 3 is 2.73 bits per heavy atom. The van der Waals surface area contributed by atoms with E-state index in [0.717, 1.165) is 18.7 Å². The topological polar surface area (TPSA) is 38.8 Å². The molecule has 1 unspecified atom stereocenters. The van der Waals surface area contributed by atoms with Crippen LogP contribution >= 0.6 is 0 Å². The van der Waals surface area contributed by atoms with Crippen LogP contribution < -0.4 is 10.2 Å². The predicted molar refractivity (Wildman–Crippen MR) is 87.9 cm³/mol. The number of rotatable bonds is 5. The first kappa shape index (κ1) is 16.5. The summed E-state index contributed by atoms with van der Waals surface area (Å²) in [6.07, 6.45) is 0.864. The third-order valence-corrected chi connectivity index (χ3v) is 4.13. The summed E-state index contributed by atoms with van der Waals surface area (Å²) >= 11 is 0. The molecule has 122 valence electrons. The zero-order chi connectivity index (χ0) is 16.3. The summed E-state index contributed by atoms with van der Waals surface area (Å²) in [5, 5.41) is 2.93. The van der Waals surface area contributed by atoms with E-state index in [2.05, 4.69) is 5.32 Å². The maximum atomic E-state index is 14.2. The van der Waals surface area contributed by atoms with Gasteiger partial charge in [0.15, 0.2) is 0 Å². The zero-order valence-electron chi connectivity index (χ0n) is 13.8. The molecule has 1 aromatic rings. The van der Waals surface area contributed by atoms with Crippen LogP contribution in [-0.2, 0) is 4.79 Å². The molecular formula is C16H25FN4O. The number of amides is 1. The second kappa shape index (κ2) is 6.96. The normalized spacial score (nSPS) is 17.9. The quantitative estimate of drug-likeness (QED) is 0.894. The monoisotopic (exact) mass is 308 g/mol. The summed E-state index contributed by atoms with van der Waals surface area (Å²) in [5.74, 6) is -0.127. The molecule has 1 saturated heterocycles. The van der Waals surface area contributed by atoms with Crippen molar-refractivity contribution in [2.24, 2.45) is 0 Å². The fourth-order valence-electron chi connectivity index (χ4n) is 2.78. The number of halogens is 1. The summed E-state index contributed by atoms with van der Waals surface area (Å²) in [6.45, 7) is 1.84. The van der Waals surface area contributed by atoms with Gasteiger partial charge in [0.05, 0.1) is 18.3 Å². The summed E-state index contributed by atoms with van der Waals surface area (Å²) < 4.78 is 14.2. The Balaban J connectivity index is 2.02. The molecule has 22 heavy (non-hydrogen) atoms. The molecule has 0 bridgehead atoms. The van der Waals surface area contributed by atoms with Crippen molar-refractivity contribution in [2.45, 2.75) is 12.5 Å². The van der Waals surface area contributed by atoms with Gasteiger partial charge in [0.1, 0.15) is 5.82 Å². The number of hydrogen-bond acceptors (Lipinski definition) is 4. The molecule has 1 aliphatic rings. The average Bonchev–Trinajstić information content (AvgIpc) is 2.94. The van der Waals surface area contributed by atoms with Gasteiger partial charge in [0.25, 0.3) is 0 Å². The van der Waals surface area contributed by atoms with Crippen molar-refractivity contribution < 1.29 is 9.18 Å². The Bertz CT molecular complexity index is 535. The van der Waals surface area contributed by atoms with Gasteiger partial charge >= 0.3 is 0 Å². The van der Waals surface area contributed by atoms with Crippen molar-refractivity contribution in [1.82, 2.24) is 9.80 Å². The van der Waals surface area contributed by atoms with E-state index in [1.165, 1.54) is 6.07 Å². The molecule has 6 heteroatoms. The van der Waals surface area contributed by atoms with Crippen molar-refractivity contribution in [3.05, 3.63) is 24.0 Å². The molecular weight excluding hydrogens is 283 g/mol. The lowest BCUT2D eigenvalue weighted by Gasteiger charge is -2.27. The second-order valence-electron chi connectivity index (χ2n) is 6.05. The van der Waals surface area contributed by atoms with E-state index >= 15 is 0 Å². The van der Waals surface area contributed by atoms with E-state index in [1.54, 1.807) is 18.0 Å². The Kier molecular flexibility index (Phi) is 5.24. The van der Waals surface area contributed by atoms with Gasteiger partial charge < -0.3 is 20.0 Å². The molecule has 0 saturated carbocycles. The van der Waals surface area contributed by atoms with Crippen LogP contribution in [0.2, 0.25) is 0 Å². The van der Waals surface area contributed by atoms with Gasteiger partial charge in [-0.25, -0.2) is 4.39 Å². The van der Waals surface area contributed by atoms with Crippen molar-refractivity contribution in [3.8, 4) is 0 Å². The maximum absolute atomic E-state index is 14.2. The average molecular weight is 308 g/mol. The minimum atomic E-state index is -0.227. The summed E-state index contributed by atoms with van der Waals surface area (Å²) in [6, 6.07) is 5.30. The first-order valence-electron chi connectivity index (χ1n) is 7.55. The highest BCUT2D eigenvalue weighted by molar-refractivity contribution is 5.78. The first-order valence-corrected chi connectivity index (χ1v) is 7.55. The first-order chi connectivity index (χ1) is 10.4. The number of nitrogens with zero attached hydrogens (tertiary/aromatic N) is 3. The Hall–Kier alpha value is -1.82. The number of likely N-dealkylation sites (N-methyl/N-ethyl adjacent to an activating group) is 2. The molecule has 1 fully saturated rings. The minimum Gasteiger partial charge on any atom is -0.388 e. The van der Waals surface area contributed by atoms with Crippen molar-refractivity contribution in [2.75, 3.05) is 58.0 Å². The molecule has 0 aliphatic carbocycles. The van der Waals surface area contributed by atoms with Gasteiger partial charge in [-0.1, -0.05) is 0 Å². The molecule has 1 aromatic carbocycles. The standard InChI is InChI=1S/C16H25FN4O/c1-18-12-5-6-15(14(17)9-12)21-8-7-13(10-21)20(4)16(22)11-19(2)3/h5-6,9,13,18H,7-8,10-11H2,1-4H3. The number of carbonyl (C=O) groups is 1. The lowest BCUT2D eigenvalue weighted by atomic mass is 10.2. The van der Waals surface area contributed by atoms with Gasteiger partial charge in [-0.3, -0.25) is 4.79 Å². The fourth-order valence-corrected chi connectivity index (χ4v) is 2.78. The fraction of sp³-hybridized carbons (Fsp3) is 0.562. The third-order valence-electron chi connectivity index (χ3n) is 4.13. The van der Waals surface area contributed by atoms with E-state index < -0.39 is 0 Å². The van der Waals surface area contributed by atoms with Gasteiger partial charge in [0, 0.05) is 32.9 Å². The third kappa shape index (κ3) is 3.68. The molecule has 1 heterocycles. The minimum absolute atomic E-state index is 0.0999. The van der Waals surface area contributed by atoms with E-state index in [9.17, 15) is 9.18 Å². The van der Waals surface area contributed by atoms with E-state index in [-0.39, 0.29) is 17.8 Å². The maximum Gasteiger partial charge on any atom is 0.236 e. The van der Waals surface area contributed by atoms with Crippen molar-refractivity contribution in [3.63, 3.8) is 0 Å². The van der Waals surface area contributed by atoms with Crippen LogP contribution in [0.15, 0.2) is 18.2 Å². The molecule has 0 spiro atoms. The lowest BCUT2D eigenvalue weighted by molar-refractivity contribution is -0.132. The smallest absolute Gasteiger partial charge is 0.236 e. The largest absolute Gasteiger partial charge is 0.388 e. The van der Waals surface area contributed by atoms with Crippen LogP contribution in [-0.4, -0.2) is 69.6 Å². The van der Waals surface area contributed by atoms with Crippen molar-refractivity contribution >= 4 is 17.3 Å². The van der Waals surface area contributed by atoms with E-state index in [4.69, 9.17) is 0 Å². The van der Waals surface area contributed by atoms with Gasteiger partial charge in [-0.05, 0) is 38.7 Å². The highest BCUT2D eigenvalue weighted by Gasteiger charge is 2.29. The number of benzene rings is 1. The Morgan fingerprint density at radius 2 is 2.14 bits per heavy atom. The molecule has 5 nitrogen and oxygen atoms in total. The Labute approximate surface area is 131 Å². The Morgan fingerprint density at radius 1 is 1.41 bits per heavy atom. The highest BCUT2D eigenvalue weighted by Crippen LogP contribution is 2.27. The molecule has 1 N–H and O–H groups in total. The van der Waals surface area contributed by atoms with Crippen LogP contribution in [0.4, 0.5) is 15.8 Å². The van der Waals surface area contributed by atoms with Gasteiger partial charge in [0.2, 0.25) is 5.91 Å². The summed E-state index contributed by atoms with van der Waals surface area (Å²) in [4.78, 5) is 17.8. The molecule has 0 aromatic heterocycles. The molecule has 2 rings (SSSR count). The van der Waals surface area contributed by atoms with Crippen LogP contribution in [0.5, 0.6) is 0 Å². The second-order valence-corrected chi connectivity index (χ2v) is 6.05. The van der Waals surface area contributed by atoms with Gasteiger partial charge in [-0.15, -0.1) is 0 Å². The number of carbonyl (C=O) groups excluding carboxylic acids is 1.